The van der Waals surface area contributed by atoms with Gasteiger partial charge in [-0.25, -0.2) is 4.98 Å². The number of benzene rings is 2. The first-order valence-corrected chi connectivity index (χ1v) is 12.3. The van der Waals surface area contributed by atoms with Gasteiger partial charge in [-0.05, 0) is 68.1 Å². The number of fused-ring (bicyclic) bond motifs is 1. The molecule has 0 bridgehead atoms. The second-order valence-corrected chi connectivity index (χ2v) is 9.70. The molecule has 2 fully saturated rings. The molecule has 0 radical (unpaired) electrons. The number of hydrogen-bond donors (Lipinski definition) is 1. The molecule has 6 nitrogen and oxygen atoms in total. The summed E-state index contributed by atoms with van der Waals surface area (Å²) in [6.07, 6.45) is 3.01. The molecule has 0 aliphatic carbocycles. The van der Waals surface area contributed by atoms with E-state index in [0.717, 1.165) is 64.6 Å². The molecule has 0 saturated carbocycles. The minimum Gasteiger partial charge on any atom is -0.348 e. The fraction of sp³-hybridized carbons (Fsp3) is 0.346. The molecule has 2 aliphatic heterocycles. The fourth-order valence-corrected chi connectivity index (χ4v) is 5.94. The van der Waals surface area contributed by atoms with Crippen molar-refractivity contribution in [2.45, 2.75) is 13.3 Å². The number of nitrogens with one attached hydrogen (secondary N) is 1. The van der Waals surface area contributed by atoms with E-state index in [1.165, 1.54) is 6.42 Å². The van der Waals surface area contributed by atoms with Crippen LogP contribution in [0.2, 0.25) is 0 Å². The summed E-state index contributed by atoms with van der Waals surface area (Å²) in [7, 11) is 1.95. The van der Waals surface area contributed by atoms with Crippen LogP contribution in [0, 0.1) is 23.2 Å². The third-order valence-electron chi connectivity index (χ3n) is 6.67. The van der Waals surface area contributed by atoms with Crippen molar-refractivity contribution in [3.05, 3.63) is 54.1 Å². The Kier molecular flexibility index (Phi) is 6.12. The molecule has 3 aromatic rings. The number of nitrogens with zero attached hydrogens (tertiary/aromatic N) is 5. The van der Waals surface area contributed by atoms with Gasteiger partial charge in [0.25, 0.3) is 0 Å². The summed E-state index contributed by atoms with van der Waals surface area (Å²) in [5, 5.41) is 20.0. The van der Waals surface area contributed by atoms with Crippen LogP contribution in [-0.2, 0) is 0 Å². The standard InChI is InChI=1S/C26H28N6S/c1-3-29-31(2)23-10-8-20(9-11-23)25-24(19-6-4-18(14-27)5-7-19)30-26(33-25)32-13-12-21-15-28-16-22(21)17-32/h3-11,21-22,28H,12-13,15-17H2,1-2H3/b29-3-. The van der Waals surface area contributed by atoms with Crippen molar-refractivity contribution in [1.29, 1.82) is 5.26 Å². The van der Waals surface area contributed by atoms with Gasteiger partial charge in [-0.2, -0.15) is 10.4 Å². The quantitative estimate of drug-likeness (QED) is 0.440. The largest absolute Gasteiger partial charge is 0.348 e. The van der Waals surface area contributed by atoms with Gasteiger partial charge in [-0.15, -0.1) is 0 Å². The van der Waals surface area contributed by atoms with E-state index in [2.05, 4.69) is 45.7 Å². The molecule has 7 heteroatoms. The Morgan fingerprint density at radius 2 is 1.85 bits per heavy atom. The molecule has 0 amide bonds. The van der Waals surface area contributed by atoms with Crippen molar-refractivity contribution in [2.75, 3.05) is 43.1 Å². The maximum absolute atomic E-state index is 9.20. The summed E-state index contributed by atoms with van der Waals surface area (Å²) < 4.78 is 0. The Morgan fingerprint density at radius 3 is 2.58 bits per heavy atom. The molecule has 2 unspecified atom stereocenters. The van der Waals surface area contributed by atoms with E-state index >= 15 is 0 Å². The van der Waals surface area contributed by atoms with Crippen LogP contribution < -0.4 is 15.2 Å². The van der Waals surface area contributed by atoms with Gasteiger partial charge in [0.1, 0.15) is 0 Å². The molecule has 2 aromatic carbocycles. The first kappa shape index (κ1) is 21.6. The smallest absolute Gasteiger partial charge is 0.186 e. The molecular weight excluding hydrogens is 428 g/mol. The van der Waals surface area contributed by atoms with E-state index < -0.39 is 0 Å². The van der Waals surface area contributed by atoms with Crippen molar-refractivity contribution >= 4 is 28.4 Å². The zero-order valence-electron chi connectivity index (χ0n) is 19.0. The van der Waals surface area contributed by atoms with E-state index in [1.807, 2.05) is 43.2 Å². The van der Waals surface area contributed by atoms with Crippen LogP contribution in [0.25, 0.3) is 21.7 Å². The molecular formula is C26H28N6S. The molecule has 2 atom stereocenters. The van der Waals surface area contributed by atoms with Gasteiger partial charge in [-0.3, -0.25) is 5.01 Å². The highest BCUT2D eigenvalue weighted by molar-refractivity contribution is 7.19. The summed E-state index contributed by atoms with van der Waals surface area (Å²) in [5.41, 5.74) is 4.88. The van der Waals surface area contributed by atoms with E-state index in [4.69, 9.17) is 4.98 Å². The molecule has 3 heterocycles. The molecule has 2 aliphatic rings. The summed E-state index contributed by atoms with van der Waals surface area (Å²) >= 11 is 1.77. The average Bonchev–Trinajstić information content (AvgIpc) is 3.51. The van der Waals surface area contributed by atoms with Gasteiger partial charge in [0, 0.05) is 31.9 Å². The summed E-state index contributed by atoms with van der Waals surface area (Å²) in [5.74, 6) is 1.51. The number of nitriles is 1. The normalized spacial score (nSPS) is 20.1. The lowest BCUT2D eigenvalue weighted by Gasteiger charge is -2.34. The maximum Gasteiger partial charge on any atom is 0.186 e. The Hall–Kier alpha value is -3.21. The van der Waals surface area contributed by atoms with E-state index in [-0.39, 0.29) is 0 Å². The molecule has 0 spiro atoms. The van der Waals surface area contributed by atoms with E-state index in [9.17, 15) is 5.26 Å². The van der Waals surface area contributed by atoms with Crippen molar-refractivity contribution in [3.63, 3.8) is 0 Å². The molecule has 5 rings (SSSR count). The first-order valence-electron chi connectivity index (χ1n) is 11.5. The number of thiazole rings is 1. The lowest BCUT2D eigenvalue weighted by molar-refractivity contribution is 0.349. The lowest BCUT2D eigenvalue weighted by atomic mass is 9.89. The van der Waals surface area contributed by atoms with Gasteiger partial charge in [0.05, 0.1) is 27.9 Å². The molecule has 168 valence electrons. The number of anilines is 2. The third kappa shape index (κ3) is 4.37. The van der Waals surface area contributed by atoms with Gasteiger partial charge < -0.3 is 10.2 Å². The minimum absolute atomic E-state index is 0.662. The van der Waals surface area contributed by atoms with Gasteiger partial charge in [-0.1, -0.05) is 35.6 Å². The second-order valence-electron chi connectivity index (χ2n) is 8.72. The van der Waals surface area contributed by atoms with Crippen LogP contribution in [-0.4, -0.2) is 44.4 Å². The van der Waals surface area contributed by atoms with Gasteiger partial charge >= 0.3 is 0 Å². The van der Waals surface area contributed by atoms with Gasteiger partial charge in [0.15, 0.2) is 5.13 Å². The van der Waals surface area contributed by atoms with Crippen molar-refractivity contribution in [3.8, 4) is 27.8 Å². The SMILES string of the molecule is C/C=N\N(C)c1ccc(-c2sc(N3CCC4CNCC4C3)nc2-c2ccc(C#N)cc2)cc1. The third-order valence-corrected chi connectivity index (χ3v) is 7.84. The zero-order valence-corrected chi connectivity index (χ0v) is 19.8. The van der Waals surface area contributed by atoms with Crippen LogP contribution >= 0.6 is 11.3 Å². The number of piperidine rings is 1. The zero-order chi connectivity index (χ0) is 22.8. The van der Waals surface area contributed by atoms with Crippen molar-refractivity contribution < 1.29 is 0 Å². The highest BCUT2D eigenvalue weighted by Gasteiger charge is 2.34. The Labute approximate surface area is 199 Å². The van der Waals surface area contributed by atoms with E-state index in [0.29, 0.717) is 11.5 Å². The van der Waals surface area contributed by atoms with Crippen LogP contribution in [0.15, 0.2) is 53.6 Å². The Bertz CT molecular complexity index is 1170. The summed E-state index contributed by atoms with van der Waals surface area (Å²) in [4.78, 5) is 8.77. The van der Waals surface area contributed by atoms with Gasteiger partial charge in [0.2, 0.25) is 0 Å². The summed E-state index contributed by atoms with van der Waals surface area (Å²) in [6.45, 7) is 6.30. The van der Waals surface area contributed by atoms with Crippen LogP contribution in [0.4, 0.5) is 10.8 Å². The van der Waals surface area contributed by atoms with Crippen LogP contribution in [0.1, 0.15) is 18.9 Å². The fourth-order valence-electron chi connectivity index (χ4n) is 4.82. The second kappa shape index (κ2) is 9.34. The van der Waals surface area contributed by atoms with Crippen LogP contribution in [0.3, 0.4) is 0 Å². The van der Waals surface area contributed by atoms with Crippen LogP contribution in [0.5, 0.6) is 0 Å². The number of rotatable bonds is 5. The number of hydrogen-bond acceptors (Lipinski definition) is 7. The monoisotopic (exact) mass is 456 g/mol. The maximum atomic E-state index is 9.20. The minimum atomic E-state index is 0.662. The Morgan fingerprint density at radius 1 is 1.12 bits per heavy atom. The average molecular weight is 457 g/mol. The highest BCUT2D eigenvalue weighted by Crippen LogP contribution is 2.42. The highest BCUT2D eigenvalue weighted by atomic mass is 32.1. The number of hydrazone groups is 1. The first-order chi connectivity index (χ1) is 16.2. The number of aromatic nitrogens is 1. The molecule has 33 heavy (non-hydrogen) atoms. The predicted molar refractivity (Wildman–Crippen MR) is 137 cm³/mol. The Balaban J connectivity index is 1.51. The summed E-state index contributed by atoms with van der Waals surface area (Å²) in [6, 6.07) is 18.4. The van der Waals surface area contributed by atoms with E-state index in [1.54, 1.807) is 17.6 Å². The molecule has 1 aromatic heterocycles. The molecule has 2 saturated heterocycles. The topological polar surface area (TPSA) is 67.5 Å². The molecule has 1 N–H and O–H groups in total. The predicted octanol–water partition coefficient (Wildman–Crippen LogP) is 4.84. The lowest BCUT2D eigenvalue weighted by Crippen LogP contribution is -2.39. The van der Waals surface area contributed by atoms with Crippen molar-refractivity contribution in [2.24, 2.45) is 16.9 Å². The van der Waals surface area contributed by atoms with Crippen molar-refractivity contribution in [1.82, 2.24) is 10.3 Å².